The average Bonchev–Trinajstić information content (AvgIpc) is 3.15. The van der Waals surface area contributed by atoms with Crippen molar-refractivity contribution in [2.45, 2.75) is 0 Å². The van der Waals surface area contributed by atoms with Crippen LogP contribution in [0.25, 0.3) is 5.69 Å². The van der Waals surface area contributed by atoms with E-state index in [1.54, 1.807) is 0 Å². The number of rotatable bonds is 4. The molecule has 0 atom stereocenters. The molecule has 1 heterocycles. The third kappa shape index (κ3) is 3.52. The van der Waals surface area contributed by atoms with Gasteiger partial charge in [-0.3, -0.25) is 4.79 Å². The van der Waals surface area contributed by atoms with Crippen LogP contribution in [0.2, 0.25) is 5.02 Å². The van der Waals surface area contributed by atoms with E-state index >= 15 is 0 Å². The molecule has 1 amide bonds. The molecule has 132 valence electrons. The summed E-state index contributed by atoms with van der Waals surface area (Å²) < 4.78 is 19.6. The SMILES string of the molecule is COC(=O)c1ccc(Cl)cc1NC(=O)c1cc(F)ccc1-n1cnnn1. The number of carbonyl (C=O) groups excluding carboxylic acids is 2. The van der Waals surface area contributed by atoms with Crippen molar-refractivity contribution in [2.24, 2.45) is 0 Å². The summed E-state index contributed by atoms with van der Waals surface area (Å²) >= 11 is 5.94. The molecule has 26 heavy (non-hydrogen) atoms. The molecule has 3 rings (SSSR count). The van der Waals surface area contributed by atoms with E-state index in [9.17, 15) is 14.0 Å². The molecule has 0 saturated heterocycles. The van der Waals surface area contributed by atoms with Gasteiger partial charge in [0, 0.05) is 5.02 Å². The third-order valence-corrected chi connectivity index (χ3v) is 3.67. The van der Waals surface area contributed by atoms with Crippen LogP contribution in [0.15, 0.2) is 42.7 Å². The standard InChI is InChI=1S/C16H11ClFN5O3/c1-26-16(25)11-4-2-9(17)6-13(11)20-15(24)12-7-10(18)3-5-14(12)23-8-19-21-22-23/h2-8H,1H3,(H,20,24). The van der Waals surface area contributed by atoms with E-state index in [0.29, 0.717) is 5.02 Å². The molecule has 0 bridgehead atoms. The van der Waals surface area contributed by atoms with Crippen LogP contribution < -0.4 is 5.32 Å². The number of esters is 1. The highest BCUT2D eigenvalue weighted by atomic mass is 35.5. The second-order valence-electron chi connectivity index (χ2n) is 5.05. The Morgan fingerprint density at radius 2 is 2.00 bits per heavy atom. The highest BCUT2D eigenvalue weighted by Crippen LogP contribution is 2.24. The minimum absolute atomic E-state index is 0.0342. The highest BCUT2D eigenvalue weighted by Gasteiger charge is 2.19. The van der Waals surface area contributed by atoms with Crippen molar-refractivity contribution < 1.29 is 18.7 Å². The van der Waals surface area contributed by atoms with Gasteiger partial charge in [0.25, 0.3) is 5.91 Å². The Morgan fingerprint density at radius 1 is 1.19 bits per heavy atom. The molecule has 0 fully saturated rings. The monoisotopic (exact) mass is 375 g/mol. The van der Waals surface area contributed by atoms with Crippen molar-refractivity contribution in [1.29, 1.82) is 0 Å². The molecule has 1 aromatic heterocycles. The fraction of sp³-hybridized carbons (Fsp3) is 0.0625. The maximum atomic E-state index is 13.7. The first-order valence-electron chi connectivity index (χ1n) is 7.21. The maximum absolute atomic E-state index is 13.7. The molecule has 0 saturated carbocycles. The molecule has 0 unspecified atom stereocenters. The summed E-state index contributed by atoms with van der Waals surface area (Å²) in [5.74, 6) is -1.95. The number of halogens is 2. The number of carbonyl (C=O) groups is 2. The van der Waals surface area contributed by atoms with E-state index in [4.69, 9.17) is 11.6 Å². The lowest BCUT2D eigenvalue weighted by Gasteiger charge is -2.12. The zero-order valence-electron chi connectivity index (χ0n) is 13.3. The van der Waals surface area contributed by atoms with E-state index in [-0.39, 0.29) is 22.5 Å². The summed E-state index contributed by atoms with van der Waals surface area (Å²) in [5, 5.41) is 13.5. The van der Waals surface area contributed by atoms with Crippen LogP contribution in [0.4, 0.5) is 10.1 Å². The van der Waals surface area contributed by atoms with Gasteiger partial charge in [0.1, 0.15) is 12.1 Å². The smallest absolute Gasteiger partial charge is 0.339 e. The summed E-state index contributed by atoms with van der Waals surface area (Å²) in [6.45, 7) is 0. The first kappa shape index (κ1) is 17.5. The van der Waals surface area contributed by atoms with Crippen LogP contribution in [0.1, 0.15) is 20.7 Å². The van der Waals surface area contributed by atoms with Crippen molar-refractivity contribution in [1.82, 2.24) is 20.2 Å². The van der Waals surface area contributed by atoms with E-state index in [1.807, 2.05) is 0 Å². The predicted octanol–water partition coefficient (Wildman–Crippen LogP) is 2.49. The van der Waals surface area contributed by atoms with Gasteiger partial charge in [-0.2, -0.15) is 4.68 Å². The van der Waals surface area contributed by atoms with Crippen molar-refractivity contribution in [2.75, 3.05) is 12.4 Å². The first-order valence-corrected chi connectivity index (χ1v) is 7.59. The van der Waals surface area contributed by atoms with E-state index in [1.165, 1.54) is 48.5 Å². The molecule has 0 aliphatic rings. The Bertz CT molecular complexity index is 978. The zero-order valence-corrected chi connectivity index (χ0v) is 14.1. The van der Waals surface area contributed by atoms with E-state index in [2.05, 4.69) is 25.6 Å². The van der Waals surface area contributed by atoms with Crippen molar-refractivity contribution in [3.63, 3.8) is 0 Å². The molecular weight excluding hydrogens is 365 g/mol. The summed E-state index contributed by atoms with van der Waals surface area (Å²) in [4.78, 5) is 24.6. The highest BCUT2D eigenvalue weighted by molar-refractivity contribution is 6.31. The van der Waals surface area contributed by atoms with Gasteiger partial charge >= 0.3 is 5.97 Å². The summed E-state index contributed by atoms with van der Waals surface area (Å²) in [6, 6.07) is 7.86. The lowest BCUT2D eigenvalue weighted by molar-refractivity contribution is 0.0602. The number of methoxy groups -OCH3 is 1. The Hall–Kier alpha value is -3.33. The number of anilines is 1. The van der Waals surface area contributed by atoms with Gasteiger partial charge < -0.3 is 10.1 Å². The minimum Gasteiger partial charge on any atom is -0.465 e. The van der Waals surface area contributed by atoms with Gasteiger partial charge in [-0.15, -0.1) is 5.10 Å². The largest absolute Gasteiger partial charge is 0.465 e. The Balaban J connectivity index is 2.01. The van der Waals surface area contributed by atoms with Gasteiger partial charge in [0.2, 0.25) is 0 Å². The number of amides is 1. The number of aromatic nitrogens is 4. The van der Waals surface area contributed by atoms with Gasteiger partial charge in [-0.1, -0.05) is 11.6 Å². The molecule has 0 aliphatic carbocycles. The normalized spacial score (nSPS) is 10.4. The molecule has 2 aromatic carbocycles. The lowest BCUT2D eigenvalue weighted by atomic mass is 10.1. The topological polar surface area (TPSA) is 99.0 Å². The summed E-state index contributed by atoms with van der Waals surface area (Å²) in [5.41, 5.74) is 0.454. The Labute approximate surface area is 151 Å². The van der Waals surface area contributed by atoms with Gasteiger partial charge in [-0.05, 0) is 46.8 Å². The van der Waals surface area contributed by atoms with Crippen LogP contribution in [0.5, 0.6) is 0 Å². The number of hydrogen-bond donors (Lipinski definition) is 1. The summed E-state index contributed by atoms with van der Waals surface area (Å²) in [7, 11) is 1.21. The number of nitrogens with one attached hydrogen (secondary N) is 1. The molecular formula is C16H11ClFN5O3. The van der Waals surface area contributed by atoms with Crippen LogP contribution in [-0.4, -0.2) is 39.2 Å². The number of nitrogens with zero attached hydrogens (tertiary/aromatic N) is 4. The predicted molar refractivity (Wildman–Crippen MR) is 89.9 cm³/mol. The molecule has 0 radical (unpaired) electrons. The van der Waals surface area contributed by atoms with Crippen molar-refractivity contribution in [3.05, 3.63) is 64.7 Å². The van der Waals surface area contributed by atoms with Crippen LogP contribution in [0.3, 0.4) is 0 Å². The summed E-state index contributed by atoms with van der Waals surface area (Å²) in [6.07, 6.45) is 1.27. The number of tetrazole rings is 1. The molecule has 0 spiro atoms. The molecule has 1 N–H and O–H groups in total. The van der Waals surface area contributed by atoms with E-state index in [0.717, 1.165) is 6.07 Å². The molecule has 10 heteroatoms. The maximum Gasteiger partial charge on any atom is 0.339 e. The Kier molecular flexibility index (Phi) is 4.90. The number of hydrogen-bond acceptors (Lipinski definition) is 6. The second-order valence-corrected chi connectivity index (χ2v) is 5.49. The zero-order chi connectivity index (χ0) is 18.7. The van der Waals surface area contributed by atoms with Crippen LogP contribution in [-0.2, 0) is 4.74 Å². The van der Waals surface area contributed by atoms with Gasteiger partial charge in [0.15, 0.2) is 0 Å². The van der Waals surface area contributed by atoms with E-state index < -0.39 is 17.7 Å². The Morgan fingerprint density at radius 3 is 2.69 bits per heavy atom. The number of ether oxygens (including phenoxy) is 1. The quantitative estimate of drug-likeness (QED) is 0.703. The lowest BCUT2D eigenvalue weighted by Crippen LogP contribution is -2.18. The fourth-order valence-corrected chi connectivity index (χ4v) is 2.43. The third-order valence-electron chi connectivity index (χ3n) is 3.43. The van der Waals surface area contributed by atoms with Gasteiger partial charge in [-0.25, -0.2) is 9.18 Å². The second kappa shape index (κ2) is 7.28. The minimum atomic E-state index is -0.678. The molecule has 3 aromatic rings. The number of benzene rings is 2. The molecule has 8 nitrogen and oxygen atoms in total. The van der Waals surface area contributed by atoms with Crippen LogP contribution >= 0.6 is 11.6 Å². The van der Waals surface area contributed by atoms with Crippen molar-refractivity contribution in [3.8, 4) is 5.69 Å². The van der Waals surface area contributed by atoms with Crippen LogP contribution in [0, 0.1) is 5.82 Å². The van der Waals surface area contributed by atoms with Gasteiger partial charge in [0.05, 0.1) is 29.6 Å². The average molecular weight is 376 g/mol. The fourth-order valence-electron chi connectivity index (χ4n) is 2.26. The molecule has 0 aliphatic heterocycles. The van der Waals surface area contributed by atoms with Crippen molar-refractivity contribution >= 4 is 29.2 Å². The first-order chi connectivity index (χ1) is 12.5.